The van der Waals surface area contributed by atoms with Gasteiger partial charge in [0.25, 0.3) is 0 Å². The first-order valence-corrected chi connectivity index (χ1v) is 7.28. The van der Waals surface area contributed by atoms with Gasteiger partial charge < -0.3 is 20.1 Å². The Balaban J connectivity index is 1.92. The highest BCUT2D eigenvalue weighted by Gasteiger charge is 2.38. The molecule has 0 aromatic carbocycles. The molecular weight excluding hydrogens is 280 g/mol. The van der Waals surface area contributed by atoms with E-state index in [9.17, 15) is 9.59 Å². The normalized spacial score (nSPS) is 21.7. The van der Waals surface area contributed by atoms with Gasteiger partial charge in [0.2, 0.25) is 0 Å². The number of aryl methyl sites for hydroxylation is 1. The maximum absolute atomic E-state index is 12.1. The van der Waals surface area contributed by atoms with Crippen LogP contribution in [0.15, 0.2) is 10.8 Å². The standard InChI is InChI=1S/C13H18N2O4S/c1-8-6-20-7-9(8)3-14-13(18)15(2)11-5-19-4-10(11)12(16)17/h6-7,10-11H,3-5H2,1-2H3,(H,14,18)(H,16,17). The van der Waals surface area contributed by atoms with Crippen molar-refractivity contribution in [2.75, 3.05) is 20.3 Å². The summed E-state index contributed by atoms with van der Waals surface area (Å²) in [7, 11) is 1.60. The van der Waals surface area contributed by atoms with Crippen molar-refractivity contribution >= 4 is 23.3 Å². The van der Waals surface area contributed by atoms with Crippen molar-refractivity contribution < 1.29 is 19.4 Å². The fourth-order valence-corrected chi connectivity index (χ4v) is 3.03. The number of urea groups is 1. The van der Waals surface area contributed by atoms with Crippen LogP contribution in [0.2, 0.25) is 0 Å². The average Bonchev–Trinajstić information content (AvgIpc) is 3.03. The third-order valence-electron chi connectivity index (χ3n) is 3.58. The molecule has 1 aliphatic heterocycles. The lowest BCUT2D eigenvalue weighted by Gasteiger charge is -2.26. The molecule has 20 heavy (non-hydrogen) atoms. The van der Waals surface area contributed by atoms with Gasteiger partial charge in [-0.2, -0.15) is 11.3 Å². The molecule has 2 amide bonds. The van der Waals surface area contributed by atoms with Gasteiger partial charge in [-0.1, -0.05) is 0 Å². The van der Waals surface area contributed by atoms with Crippen LogP contribution in [0.1, 0.15) is 11.1 Å². The Bertz CT molecular complexity index is 502. The molecule has 0 aliphatic carbocycles. The van der Waals surface area contributed by atoms with Crippen molar-refractivity contribution in [3.05, 3.63) is 21.9 Å². The van der Waals surface area contributed by atoms with Gasteiger partial charge >= 0.3 is 12.0 Å². The number of hydrogen-bond donors (Lipinski definition) is 2. The van der Waals surface area contributed by atoms with Crippen LogP contribution in [-0.2, 0) is 16.1 Å². The van der Waals surface area contributed by atoms with Crippen LogP contribution in [-0.4, -0.2) is 48.3 Å². The van der Waals surface area contributed by atoms with Crippen LogP contribution in [0.5, 0.6) is 0 Å². The highest BCUT2D eigenvalue weighted by atomic mass is 32.1. The monoisotopic (exact) mass is 298 g/mol. The maximum Gasteiger partial charge on any atom is 0.317 e. The number of carboxylic acid groups (broad SMARTS) is 1. The molecule has 0 radical (unpaired) electrons. The van der Waals surface area contributed by atoms with Gasteiger partial charge in [-0.15, -0.1) is 0 Å². The summed E-state index contributed by atoms with van der Waals surface area (Å²) in [5.74, 6) is -1.59. The summed E-state index contributed by atoms with van der Waals surface area (Å²) in [5.41, 5.74) is 2.22. The largest absolute Gasteiger partial charge is 0.481 e. The summed E-state index contributed by atoms with van der Waals surface area (Å²) >= 11 is 1.59. The number of nitrogens with one attached hydrogen (secondary N) is 1. The van der Waals surface area contributed by atoms with E-state index in [0.717, 1.165) is 11.1 Å². The SMILES string of the molecule is Cc1cscc1CNC(=O)N(C)C1COCC1C(=O)O. The van der Waals surface area contributed by atoms with Crippen molar-refractivity contribution in [3.63, 3.8) is 0 Å². The van der Waals surface area contributed by atoms with Crippen LogP contribution in [0.4, 0.5) is 4.79 Å². The first kappa shape index (κ1) is 14.8. The van der Waals surface area contributed by atoms with Gasteiger partial charge in [0.1, 0.15) is 5.92 Å². The third-order valence-corrected chi connectivity index (χ3v) is 4.49. The Morgan fingerprint density at radius 1 is 1.50 bits per heavy atom. The molecule has 1 fully saturated rings. The maximum atomic E-state index is 12.1. The van der Waals surface area contributed by atoms with E-state index in [2.05, 4.69) is 5.32 Å². The Morgan fingerprint density at radius 3 is 2.85 bits per heavy atom. The van der Waals surface area contributed by atoms with E-state index < -0.39 is 17.9 Å². The van der Waals surface area contributed by atoms with E-state index in [0.29, 0.717) is 6.54 Å². The number of thiophene rings is 1. The zero-order chi connectivity index (χ0) is 14.7. The van der Waals surface area contributed by atoms with E-state index in [4.69, 9.17) is 9.84 Å². The highest BCUT2D eigenvalue weighted by molar-refractivity contribution is 7.08. The minimum absolute atomic E-state index is 0.154. The number of carboxylic acids is 1. The van der Waals surface area contributed by atoms with E-state index in [-0.39, 0.29) is 19.2 Å². The molecule has 0 saturated carbocycles. The number of hydrogen-bond acceptors (Lipinski definition) is 4. The number of aliphatic carboxylic acids is 1. The molecule has 110 valence electrons. The summed E-state index contributed by atoms with van der Waals surface area (Å²) in [6.07, 6.45) is 0. The Morgan fingerprint density at radius 2 is 2.25 bits per heavy atom. The highest BCUT2D eigenvalue weighted by Crippen LogP contribution is 2.19. The summed E-state index contributed by atoms with van der Waals surface area (Å²) < 4.78 is 5.17. The van der Waals surface area contributed by atoms with Crippen LogP contribution in [0.25, 0.3) is 0 Å². The number of likely N-dealkylation sites (N-methyl/N-ethyl adjacent to an activating group) is 1. The van der Waals surface area contributed by atoms with Crippen molar-refractivity contribution in [2.45, 2.75) is 19.5 Å². The van der Waals surface area contributed by atoms with E-state index in [1.807, 2.05) is 17.7 Å². The molecule has 6 nitrogen and oxygen atoms in total. The molecule has 1 aromatic rings. The van der Waals surface area contributed by atoms with Crippen LogP contribution in [0, 0.1) is 12.8 Å². The van der Waals surface area contributed by atoms with Crippen molar-refractivity contribution in [3.8, 4) is 0 Å². The second kappa shape index (κ2) is 6.23. The van der Waals surface area contributed by atoms with Gasteiger partial charge in [-0.3, -0.25) is 4.79 Å². The minimum Gasteiger partial charge on any atom is -0.481 e. The average molecular weight is 298 g/mol. The fourth-order valence-electron chi connectivity index (χ4n) is 2.17. The van der Waals surface area contributed by atoms with Gasteiger partial charge in [-0.05, 0) is 28.8 Å². The molecule has 0 spiro atoms. The molecule has 2 rings (SSSR count). The molecule has 2 atom stereocenters. The predicted molar refractivity (Wildman–Crippen MR) is 74.8 cm³/mol. The number of rotatable bonds is 4. The molecule has 1 aromatic heterocycles. The van der Waals surface area contributed by atoms with E-state index in [1.165, 1.54) is 4.90 Å². The lowest BCUT2D eigenvalue weighted by molar-refractivity contribution is -0.142. The summed E-state index contributed by atoms with van der Waals surface area (Å²) in [4.78, 5) is 24.6. The number of nitrogens with zero attached hydrogens (tertiary/aromatic N) is 1. The minimum atomic E-state index is -0.930. The lowest BCUT2D eigenvalue weighted by atomic mass is 10.0. The molecule has 2 heterocycles. The first-order valence-electron chi connectivity index (χ1n) is 6.33. The second-order valence-electron chi connectivity index (χ2n) is 4.90. The van der Waals surface area contributed by atoms with Crippen molar-refractivity contribution in [1.82, 2.24) is 10.2 Å². The summed E-state index contributed by atoms with van der Waals surface area (Å²) in [6.45, 7) is 2.86. The van der Waals surface area contributed by atoms with Crippen molar-refractivity contribution in [1.29, 1.82) is 0 Å². The van der Waals surface area contributed by atoms with Gasteiger partial charge in [0, 0.05) is 13.6 Å². The topological polar surface area (TPSA) is 78.9 Å². The van der Waals surface area contributed by atoms with Crippen molar-refractivity contribution in [2.24, 2.45) is 5.92 Å². The first-order chi connectivity index (χ1) is 9.50. The zero-order valence-electron chi connectivity index (χ0n) is 11.5. The third kappa shape index (κ3) is 3.10. The van der Waals surface area contributed by atoms with Gasteiger partial charge in [0.15, 0.2) is 0 Å². The van der Waals surface area contributed by atoms with E-state index >= 15 is 0 Å². The number of carbonyl (C=O) groups excluding carboxylic acids is 1. The molecule has 0 bridgehead atoms. The molecular formula is C13H18N2O4S. The van der Waals surface area contributed by atoms with E-state index in [1.54, 1.807) is 18.4 Å². The number of amides is 2. The molecule has 2 N–H and O–H groups in total. The van der Waals surface area contributed by atoms with Crippen LogP contribution < -0.4 is 5.32 Å². The second-order valence-corrected chi connectivity index (χ2v) is 5.64. The van der Waals surface area contributed by atoms with Crippen LogP contribution >= 0.6 is 11.3 Å². The summed E-state index contributed by atoms with van der Waals surface area (Å²) in [6, 6.07) is -0.701. The number of carbonyl (C=O) groups is 2. The predicted octanol–water partition coefficient (Wildman–Crippen LogP) is 1.30. The summed E-state index contributed by atoms with van der Waals surface area (Å²) in [5, 5.41) is 15.9. The lowest BCUT2D eigenvalue weighted by Crippen LogP contribution is -2.48. The smallest absolute Gasteiger partial charge is 0.317 e. The molecule has 7 heteroatoms. The quantitative estimate of drug-likeness (QED) is 0.878. The Kier molecular flexibility index (Phi) is 4.61. The van der Waals surface area contributed by atoms with Gasteiger partial charge in [0.05, 0.1) is 19.3 Å². The molecule has 2 unspecified atom stereocenters. The molecule has 1 saturated heterocycles. The molecule has 1 aliphatic rings. The zero-order valence-corrected chi connectivity index (χ0v) is 12.3. The Hall–Kier alpha value is -1.60. The number of ether oxygens (including phenoxy) is 1. The van der Waals surface area contributed by atoms with Gasteiger partial charge in [-0.25, -0.2) is 4.79 Å². The van der Waals surface area contributed by atoms with Crippen LogP contribution in [0.3, 0.4) is 0 Å². The fraction of sp³-hybridized carbons (Fsp3) is 0.538. The Labute approximate surface area is 121 Å².